The maximum Gasteiger partial charge on any atom is 0.137 e. The second kappa shape index (κ2) is 10.8. The van der Waals surface area contributed by atoms with Crippen molar-refractivity contribution in [3.63, 3.8) is 0 Å². The quantitative estimate of drug-likeness (QED) is 0.458. The molecule has 1 saturated heterocycles. The van der Waals surface area contributed by atoms with E-state index in [4.69, 9.17) is 9.47 Å². The molecule has 1 aliphatic heterocycles. The molecular formula is C25H30FN3O4. The third kappa shape index (κ3) is 6.54. The van der Waals surface area contributed by atoms with Gasteiger partial charge in [-0.05, 0) is 42.3 Å². The Morgan fingerprint density at radius 2 is 1.91 bits per heavy atom. The van der Waals surface area contributed by atoms with Crippen LogP contribution in [0.25, 0.3) is 0 Å². The fraction of sp³-hybridized carbons (Fsp3) is 0.400. The molecule has 33 heavy (non-hydrogen) atoms. The maximum atomic E-state index is 13.4. The summed E-state index contributed by atoms with van der Waals surface area (Å²) in [7, 11) is 0. The Balaban J connectivity index is 1.29. The van der Waals surface area contributed by atoms with E-state index in [0.717, 1.165) is 24.3 Å². The van der Waals surface area contributed by atoms with Crippen molar-refractivity contribution in [2.24, 2.45) is 0 Å². The van der Waals surface area contributed by atoms with Gasteiger partial charge in [0.2, 0.25) is 0 Å². The van der Waals surface area contributed by atoms with E-state index in [1.54, 1.807) is 18.3 Å². The Morgan fingerprint density at radius 3 is 2.70 bits per heavy atom. The first-order valence-corrected chi connectivity index (χ1v) is 11.2. The zero-order valence-electron chi connectivity index (χ0n) is 18.5. The van der Waals surface area contributed by atoms with E-state index in [1.807, 2.05) is 41.2 Å². The number of benzene rings is 2. The first-order valence-electron chi connectivity index (χ1n) is 11.2. The molecule has 7 nitrogen and oxygen atoms in total. The van der Waals surface area contributed by atoms with Gasteiger partial charge in [0.05, 0.1) is 12.7 Å². The van der Waals surface area contributed by atoms with Gasteiger partial charge in [0, 0.05) is 51.1 Å². The van der Waals surface area contributed by atoms with E-state index in [1.165, 1.54) is 12.1 Å². The van der Waals surface area contributed by atoms with Crippen molar-refractivity contribution in [3.8, 4) is 11.5 Å². The van der Waals surface area contributed by atoms with Gasteiger partial charge < -0.3 is 19.7 Å². The Kier molecular flexibility index (Phi) is 7.59. The fourth-order valence-electron chi connectivity index (χ4n) is 4.03. The smallest absolute Gasteiger partial charge is 0.137 e. The van der Waals surface area contributed by atoms with Crippen LogP contribution < -0.4 is 9.47 Å². The van der Waals surface area contributed by atoms with Crippen LogP contribution in [0.4, 0.5) is 4.39 Å². The van der Waals surface area contributed by atoms with Gasteiger partial charge >= 0.3 is 0 Å². The Hall–Kier alpha value is -2.94. The topological polar surface area (TPSA) is 80.0 Å². The third-order valence-corrected chi connectivity index (χ3v) is 5.79. The van der Waals surface area contributed by atoms with Crippen LogP contribution in [0.3, 0.4) is 0 Å². The summed E-state index contributed by atoms with van der Waals surface area (Å²) in [6.45, 7) is 2.79. The average molecular weight is 456 g/mol. The number of ether oxygens (including phenoxy) is 2. The number of halogens is 1. The van der Waals surface area contributed by atoms with Crippen molar-refractivity contribution in [2.45, 2.75) is 37.6 Å². The number of hydrogen-bond donors (Lipinski definition) is 2. The molecule has 0 saturated carbocycles. The number of hydrogen-bond acceptors (Lipinski definition) is 6. The van der Waals surface area contributed by atoms with Crippen LogP contribution in [0.1, 0.15) is 18.4 Å². The first kappa shape index (κ1) is 23.2. The molecule has 2 aromatic carbocycles. The van der Waals surface area contributed by atoms with E-state index in [2.05, 4.69) is 10.00 Å². The molecule has 0 aliphatic carbocycles. The van der Waals surface area contributed by atoms with Gasteiger partial charge in [-0.1, -0.05) is 18.2 Å². The van der Waals surface area contributed by atoms with Crippen LogP contribution in [-0.4, -0.2) is 62.9 Å². The SMILES string of the molecule is O[C@H]1CCN(Cc2cccc(OCCCn3cccn3)c2)C[C@]1(O)COc1cccc(F)c1. The molecule has 4 rings (SSSR count). The molecule has 0 amide bonds. The van der Waals surface area contributed by atoms with E-state index in [0.29, 0.717) is 31.9 Å². The summed E-state index contributed by atoms with van der Waals surface area (Å²) < 4.78 is 26.8. The molecule has 1 fully saturated rings. The number of aliphatic hydroxyl groups excluding tert-OH is 1. The summed E-state index contributed by atoms with van der Waals surface area (Å²) >= 11 is 0. The van der Waals surface area contributed by atoms with Gasteiger partial charge in [-0.25, -0.2) is 4.39 Å². The molecule has 2 atom stereocenters. The van der Waals surface area contributed by atoms with Crippen molar-refractivity contribution >= 4 is 0 Å². The van der Waals surface area contributed by atoms with Crippen LogP contribution in [-0.2, 0) is 13.1 Å². The van der Waals surface area contributed by atoms with Crippen LogP contribution in [0.15, 0.2) is 67.0 Å². The predicted molar refractivity (Wildman–Crippen MR) is 122 cm³/mol. The van der Waals surface area contributed by atoms with E-state index in [9.17, 15) is 14.6 Å². The highest BCUT2D eigenvalue weighted by atomic mass is 19.1. The van der Waals surface area contributed by atoms with Gasteiger partial charge in [-0.2, -0.15) is 5.10 Å². The Morgan fingerprint density at radius 1 is 1.09 bits per heavy atom. The van der Waals surface area contributed by atoms with Crippen molar-refractivity contribution in [1.82, 2.24) is 14.7 Å². The van der Waals surface area contributed by atoms with Crippen LogP contribution in [0.5, 0.6) is 11.5 Å². The number of β-amino-alcohol motifs (C(OH)–C–C–N with tert-alkyl or cyclic N) is 1. The monoisotopic (exact) mass is 455 g/mol. The lowest BCUT2D eigenvalue weighted by Crippen LogP contribution is -2.59. The Labute approximate surface area is 193 Å². The van der Waals surface area contributed by atoms with Crippen molar-refractivity contribution in [2.75, 3.05) is 26.3 Å². The summed E-state index contributed by atoms with van der Waals surface area (Å²) in [6, 6.07) is 15.6. The minimum Gasteiger partial charge on any atom is -0.494 e. The highest BCUT2D eigenvalue weighted by molar-refractivity contribution is 5.28. The van der Waals surface area contributed by atoms with Gasteiger partial charge in [0.15, 0.2) is 0 Å². The number of likely N-dealkylation sites (tertiary alicyclic amines) is 1. The van der Waals surface area contributed by atoms with Crippen LogP contribution in [0.2, 0.25) is 0 Å². The number of aromatic nitrogens is 2. The number of piperidine rings is 1. The lowest BCUT2D eigenvalue weighted by molar-refractivity contribution is -0.140. The molecule has 2 heterocycles. The standard InChI is InChI=1S/C25H30FN3O4/c26-21-6-2-8-23(16-21)33-19-25(31)18-28(13-9-24(25)30)17-20-5-1-7-22(15-20)32-14-4-12-29-11-3-10-27-29/h1-3,5-8,10-11,15-16,24,30-31H,4,9,12-14,17-19H2/t24-,25-/m0/s1. The third-order valence-electron chi connectivity index (χ3n) is 5.79. The molecule has 2 N–H and O–H groups in total. The van der Waals surface area contributed by atoms with Crippen LogP contribution >= 0.6 is 0 Å². The summed E-state index contributed by atoms with van der Waals surface area (Å²) in [5.74, 6) is 0.716. The molecule has 3 aromatic rings. The summed E-state index contributed by atoms with van der Waals surface area (Å²) in [6.07, 6.45) is 4.06. The molecule has 0 bridgehead atoms. The number of nitrogens with zero attached hydrogens (tertiary/aromatic N) is 3. The molecular weight excluding hydrogens is 425 g/mol. The predicted octanol–water partition coefficient (Wildman–Crippen LogP) is 2.87. The number of rotatable bonds is 10. The zero-order chi connectivity index (χ0) is 23.1. The van der Waals surface area contributed by atoms with Crippen LogP contribution in [0, 0.1) is 5.82 Å². The highest BCUT2D eigenvalue weighted by Gasteiger charge is 2.42. The molecule has 8 heteroatoms. The summed E-state index contributed by atoms with van der Waals surface area (Å²) in [5.41, 5.74) is -0.380. The number of aryl methyl sites for hydroxylation is 1. The van der Waals surface area contributed by atoms with E-state index in [-0.39, 0.29) is 13.2 Å². The zero-order valence-corrected chi connectivity index (χ0v) is 18.5. The molecule has 1 aromatic heterocycles. The van der Waals surface area contributed by atoms with Gasteiger partial charge in [-0.3, -0.25) is 9.58 Å². The molecule has 0 radical (unpaired) electrons. The minimum absolute atomic E-state index is 0.118. The van der Waals surface area contributed by atoms with Crippen molar-refractivity contribution in [1.29, 1.82) is 0 Å². The van der Waals surface area contributed by atoms with Gasteiger partial charge in [-0.15, -0.1) is 0 Å². The minimum atomic E-state index is -1.44. The highest BCUT2D eigenvalue weighted by Crippen LogP contribution is 2.26. The van der Waals surface area contributed by atoms with Crippen molar-refractivity contribution in [3.05, 3.63) is 78.4 Å². The molecule has 176 valence electrons. The molecule has 0 unspecified atom stereocenters. The lowest BCUT2D eigenvalue weighted by atomic mass is 9.90. The fourth-order valence-corrected chi connectivity index (χ4v) is 4.03. The second-order valence-electron chi connectivity index (χ2n) is 8.48. The summed E-state index contributed by atoms with van der Waals surface area (Å²) in [5, 5.41) is 25.7. The molecule has 0 spiro atoms. The van der Waals surface area contributed by atoms with Crippen molar-refractivity contribution < 1.29 is 24.1 Å². The normalized spacial score (nSPS) is 21.1. The first-order chi connectivity index (χ1) is 16.0. The lowest BCUT2D eigenvalue weighted by Gasteiger charge is -2.42. The van der Waals surface area contributed by atoms with E-state index >= 15 is 0 Å². The number of aliphatic hydroxyl groups is 2. The largest absolute Gasteiger partial charge is 0.494 e. The maximum absolute atomic E-state index is 13.4. The van der Waals surface area contributed by atoms with Gasteiger partial charge in [0.1, 0.15) is 29.5 Å². The molecule has 1 aliphatic rings. The summed E-state index contributed by atoms with van der Waals surface area (Å²) in [4.78, 5) is 2.08. The second-order valence-corrected chi connectivity index (χ2v) is 8.48. The average Bonchev–Trinajstić information content (AvgIpc) is 3.32. The van der Waals surface area contributed by atoms with E-state index < -0.39 is 17.5 Å². The Bertz CT molecular complexity index is 1020. The van der Waals surface area contributed by atoms with Gasteiger partial charge in [0.25, 0.3) is 0 Å².